The molecule has 0 bridgehead atoms. The molecule has 8 nitrogen and oxygen atoms in total. The summed E-state index contributed by atoms with van der Waals surface area (Å²) in [5.74, 6) is -1.60. The van der Waals surface area contributed by atoms with Gasteiger partial charge in [-0.15, -0.1) is 0 Å². The average molecular weight is 413 g/mol. The van der Waals surface area contributed by atoms with Crippen molar-refractivity contribution in [2.75, 3.05) is 0 Å². The Morgan fingerprint density at radius 1 is 1.03 bits per heavy atom. The second-order valence-corrected chi connectivity index (χ2v) is 8.85. The summed E-state index contributed by atoms with van der Waals surface area (Å²) in [6, 6.07) is 11.9. The summed E-state index contributed by atoms with van der Waals surface area (Å²) in [7, 11) is -4.10. The Bertz CT molecular complexity index is 1090. The Kier molecular flexibility index (Phi) is 4.93. The number of imide groups is 1. The highest BCUT2D eigenvalue weighted by molar-refractivity contribution is 7.89. The summed E-state index contributed by atoms with van der Waals surface area (Å²) in [5, 5.41) is 4.95. The normalized spacial score (nSPS) is 16.8. The molecular formula is C20H19N3O5S. The summed E-state index contributed by atoms with van der Waals surface area (Å²) in [4.78, 5) is 36.0. The summed E-state index contributed by atoms with van der Waals surface area (Å²) in [5.41, 5.74) is 0.936. The molecule has 0 aromatic heterocycles. The zero-order valence-corrected chi connectivity index (χ0v) is 16.2. The zero-order valence-electron chi connectivity index (χ0n) is 15.3. The molecule has 1 saturated carbocycles. The van der Waals surface area contributed by atoms with Crippen molar-refractivity contribution < 1.29 is 22.8 Å². The van der Waals surface area contributed by atoms with Crippen molar-refractivity contribution >= 4 is 27.7 Å². The number of benzene rings is 2. The van der Waals surface area contributed by atoms with Crippen LogP contribution in [0.2, 0.25) is 0 Å². The standard InChI is InChI=1S/C20H19N3O5S/c24-18-15-9-8-14(11-16(15)19(25)22-18)29(27,28)23-17(20(26)21-13-6-7-13)10-12-4-2-1-3-5-12/h1-5,8-9,11,13,17,23H,6-7,10H2,(H,21,26)(H,22,24,25). The number of rotatable bonds is 7. The van der Waals surface area contributed by atoms with E-state index in [2.05, 4.69) is 15.4 Å². The minimum Gasteiger partial charge on any atom is -0.352 e. The number of nitrogens with one attached hydrogen (secondary N) is 3. The second-order valence-electron chi connectivity index (χ2n) is 7.14. The fraction of sp³-hybridized carbons (Fsp3) is 0.250. The molecule has 1 aliphatic heterocycles. The summed E-state index contributed by atoms with van der Waals surface area (Å²) < 4.78 is 28.3. The predicted octanol–water partition coefficient (Wildman–Crippen LogP) is 0.738. The highest BCUT2D eigenvalue weighted by Crippen LogP contribution is 2.22. The number of sulfonamides is 1. The van der Waals surface area contributed by atoms with Gasteiger partial charge < -0.3 is 5.32 Å². The fourth-order valence-corrected chi connectivity index (χ4v) is 4.36. The number of hydrogen-bond donors (Lipinski definition) is 3. The topological polar surface area (TPSA) is 121 Å². The van der Waals surface area contributed by atoms with Crippen LogP contribution in [0.1, 0.15) is 39.1 Å². The maximum atomic E-state index is 12.9. The molecule has 0 saturated heterocycles. The third-order valence-electron chi connectivity index (χ3n) is 4.84. The van der Waals surface area contributed by atoms with Crippen LogP contribution in [0.4, 0.5) is 0 Å². The molecule has 29 heavy (non-hydrogen) atoms. The van der Waals surface area contributed by atoms with E-state index in [1.165, 1.54) is 12.1 Å². The molecule has 2 aromatic rings. The van der Waals surface area contributed by atoms with E-state index in [1.807, 2.05) is 30.3 Å². The van der Waals surface area contributed by atoms with Gasteiger partial charge in [0.15, 0.2) is 0 Å². The molecule has 1 aliphatic carbocycles. The Balaban J connectivity index is 1.60. The number of carbonyl (C=O) groups is 3. The first-order valence-electron chi connectivity index (χ1n) is 9.20. The molecule has 3 amide bonds. The van der Waals surface area contributed by atoms with Crippen LogP contribution in [-0.4, -0.2) is 38.2 Å². The first-order chi connectivity index (χ1) is 13.8. The minimum absolute atomic E-state index is 0.0000775. The average Bonchev–Trinajstić information content (AvgIpc) is 3.46. The van der Waals surface area contributed by atoms with E-state index < -0.39 is 33.8 Å². The van der Waals surface area contributed by atoms with E-state index in [1.54, 1.807) is 0 Å². The lowest BCUT2D eigenvalue weighted by Gasteiger charge is -2.19. The SMILES string of the molecule is O=C1NC(=O)c2cc(S(=O)(=O)NC(Cc3ccccc3)C(=O)NC3CC3)ccc21. The summed E-state index contributed by atoms with van der Waals surface area (Å²) in [6.07, 6.45) is 1.94. The van der Waals surface area contributed by atoms with Gasteiger partial charge in [0, 0.05) is 6.04 Å². The van der Waals surface area contributed by atoms with Crippen LogP contribution in [0.15, 0.2) is 53.4 Å². The van der Waals surface area contributed by atoms with Gasteiger partial charge >= 0.3 is 0 Å². The van der Waals surface area contributed by atoms with Crippen molar-refractivity contribution in [3.8, 4) is 0 Å². The maximum absolute atomic E-state index is 12.9. The monoisotopic (exact) mass is 413 g/mol. The van der Waals surface area contributed by atoms with Crippen molar-refractivity contribution in [2.24, 2.45) is 0 Å². The molecule has 0 radical (unpaired) electrons. The third kappa shape index (κ3) is 4.20. The Morgan fingerprint density at radius 2 is 1.72 bits per heavy atom. The summed E-state index contributed by atoms with van der Waals surface area (Å²) in [6.45, 7) is 0. The van der Waals surface area contributed by atoms with Crippen LogP contribution in [0.5, 0.6) is 0 Å². The molecule has 9 heteroatoms. The summed E-state index contributed by atoms with van der Waals surface area (Å²) >= 11 is 0. The number of carbonyl (C=O) groups excluding carboxylic acids is 3. The van der Waals surface area contributed by atoms with Gasteiger partial charge in [-0.2, -0.15) is 4.72 Å². The van der Waals surface area contributed by atoms with E-state index in [0.717, 1.165) is 24.5 Å². The van der Waals surface area contributed by atoms with Crippen LogP contribution < -0.4 is 15.4 Å². The minimum atomic E-state index is -4.10. The quantitative estimate of drug-likeness (QED) is 0.578. The van der Waals surface area contributed by atoms with E-state index in [0.29, 0.717) is 0 Å². The highest BCUT2D eigenvalue weighted by atomic mass is 32.2. The van der Waals surface area contributed by atoms with Crippen molar-refractivity contribution in [1.82, 2.24) is 15.4 Å². The second kappa shape index (κ2) is 7.41. The molecule has 1 unspecified atom stereocenters. The van der Waals surface area contributed by atoms with Gasteiger partial charge in [-0.05, 0) is 43.0 Å². The Hall–Kier alpha value is -3.04. The van der Waals surface area contributed by atoms with Gasteiger partial charge in [-0.1, -0.05) is 30.3 Å². The molecule has 3 N–H and O–H groups in total. The van der Waals surface area contributed by atoms with Crippen molar-refractivity contribution in [3.63, 3.8) is 0 Å². The van der Waals surface area contributed by atoms with Gasteiger partial charge in [0.25, 0.3) is 11.8 Å². The van der Waals surface area contributed by atoms with Gasteiger partial charge in [0.1, 0.15) is 6.04 Å². The van der Waals surface area contributed by atoms with Crippen LogP contribution in [-0.2, 0) is 21.2 Å². The largest absolute Gasteiger partial charge is 0.352 e. The van der Waals surface area contributed by atoms with Crippen LogP contribution in [0, 0.1) is 0 Å². The number of fused-ring (bicyclic) bond motifs is 1. The van der Waals surface area contributed by atoms with Gasteiger partial charge in [0.05, 0.1) is 16.0 Å². The lowest BCUT2D eigenvalue weighted by Crippen LogP contribution is -2.48. The molecule has 1 heterocycles. The number of amides is 3. The van der Waals surface area contributed by atoms with E-state index in [-0.39, 0.29) is 28.5 Å². The van der Waals surface area contributed by atoms with Gasteiger partial charge in [0.2, 0.25) is 15.9 Å². The molecule has 1 atom stereocenters. The molecule has 150 valence electrons. The first-order valence-corrected chi connectivity index (χ1v) is 10.7. The molecule has 4 rings (SSSR count). The molecule has 0 spiro atoms. The van der Waals surface area contributed by atoms with Crippen LogP contribution in [0.25, 0.3) is 0 Å². The Morgan fingerprint density at radius 3 is 2.41 bits per heavy atom. The molecule has 1 fully saturated rings. The van der Waals surface area contributed by atoms with E-state index >= 15 is 0 Å². The lowest BCUT2D eigenvalue weighted by atomic mass is 10.1. The van der Waals surface area contributed by atoms with Crippen molar-refractivity contribution in [1.29, 1.82) is 0 Å². The highest BCUT2D eigenvalue weighted by Gasteiger charge is 2.32. The molecular weight excluding hydrogens is 394 g/mol. The maximum Gasteiger partial charge on any atom is 0.258 e. The predicted molar refractivity (Wildman–Crippen MR) is 104 cm³/mol. The molecule has 2 aromatic carbocycles. The van der Waals surface area contributed by atoms with Crippen LogP contribution in [0.3, 0.4) is 0 Å². The van der Waals surface area contributed by atoms with Crippen LogP contribution >= 0.6 is 0 Å². The van der Waals surface area contributed by atoms with Gasteiger partial charge in [-0.25, -0.2) is 8.42 Å². The third-order valence-corrected chi connectivity index (χ3v) is 6.31. The van der Waals surface area contributed by atoms with Gasteiger partial charge in [-0.3, -0.25) is 19.7 Å². The first kappa shape index (κ1) is 19.3. The zero-order chi connectivity index (χ0) is 20.6. The Labute approximate surface area is 167 Å². The van der Waals surface area contributed by atoms with Crippen molar-refractivity contribution in [2.45, 2.75) is 36.2 Å². The smallest absolute Gasteiger partial charge is 0.258 e. The van der Waals surface area contributed by atoms with Crippen molar-refractivity contribution in [3.05, 3.63) is 65.2 Å². The van der Waals surface area contributed by atoms with E-state index in [9.17, 15) is 22.8 Å². The van der Waals surface area contributed by atoms with E-state index in [4.69, 9.17) is 0 Å². The lowest BCUT2D eigenvalue weighted by molar-refractivity contribution is -0.122. The molecule has 2 aliphatic rings. The number of hydrogen-bond acceptors (Lipinski definition) is 5. The fourth-order valence-electron chi connectivity index (χ4n) is 3.14.